The molecule has 3 aromatic rings. The standard InChI is InChI=1S/C19H16FN3/c20-19-7-3-4-14(22-19)12-23-17-6-2-1-5-15(17)16-10-13(11-21)8-9-18(16)23/h3-4,7-10H,1-2,5-6,12H2. The molecule has 0 N–H and O–H groups in total. The highest BCUT2D eigenvalue weighted by molar-refractivity contribution is 5.87. The zero-order chi connectivity index (χ0) is 15.8. The first-order valence-corrected chi connectivity index (χ1v) is 7.92. The maximum atomic E-state index is 13.4. The van der Waals surface area contributed by atoms with Crippen LogP contribution in [0.1, 0.15) is 35.4 Å². The number of halogens is 1. The van der Waals surface area contributed by atoms with Crippen LogP contribution in [0, 0.1) is 17.3 Å². The summed E-state index contributed by atoms with van der Waals surface area (Å²) in [6, 6.07) is 13.0. The van der Waals surface area contributed by atoms with Gasteiger partial charge in [0.25, 0.3) is 0 Å². The molecule has 1 aromatic carbocycles. The number of nitrogens with zero attached hydrogens (tertiary/aromatic N) is 3. The van der Waals surface area contributed by atoms with Crippen molar-refractivity contribution in [3.05, 3.63) is 64.9 Å². The van der Waals surface area contributed by atoms with Crippen LogP contribution in [0.2, 0.25) is 0 Å². The van der Waals surface area contributed by atoms with Gasteiger partial charge in [-0.1, -0.05) is 6.07 Å². The van der Waals surface area contributed by atoms with Crippen LogP contribution in [0.25, 0.3) is 10.9 Å². The van der Waals surface area contributed by atoms with Crippen LogP contribution in [0.4, 0.5) is 4.39 Å². The topological polar surface area (TPSA) is 41.6 Å². The number of nitriles is 1. The summed E-state index contributed by atoms with van der Waals surface area (Å²) >= 11 is 0. The number of aryl methyl sites for hydroxylation is 1. The molecule has 23 heavy (non-hydrogen) atoms. The molecule has 114 valence electrons. The van der Waals surface area contributed by atoms with Crippen LogP contribution in [0.5, 0.6) is 0 Å². The molecule has 0 atom stereocenters. The Bertz CT molecular complexity index is 934. The second-order valence-electron chi connectivity index (χ2n) is 6.01. The number of fused-ring (bicyclic) bond motifs is 3. The molecule has 4 heteroatoms. The number of benzene rings is 1. The molecule has 0 radical (unpaired) electrons. The number of hydrogen-bond donors (Lipinski definition) is 0. The molecule has 0 aliphatic heterocycles. The van der Waals surface area contributed by atoms with Gasteiger partial charge in [-0.05, 0) is 61.6 Å². The van der Waals surface area contributed by atoms with E-state index in [1.165, 1.54) is 30.2 Å². The van der Waals surface area contributed by atoms with E-state index in [0.717, 1.165) is 29.4 Å². The van der Waals surface area contributed by atoms with Gasteiger partial charge in [0.1, 0.15) is 0 Å². The lowest BCUT2D eigenvalue weighted by molar-refractivity contribution is 0.569. The average Bonchev–Trinajstić information content (AvgIpc) is 2.89. The van der Waals surface area contributed by atoms with E-state index in [-0.39, 0.29) is 0 Å². The third-order valence-corrected chi connectivity index (χ3v) is 4.60. The fourth-order valence-corrected chi connectivity index (χ4v) is 3.59. The Morgan fingerprint density at radius 2 is 2.04 bits per heavy atom. The van der Waals surface area contributed by atoms with E-state index in [1.807, 2.05) is 24.3 Å². The summed E-state index contributed by atoms with van der Waals surface area (Å²) in [6.07, 6.45) is 4.43. The lowest BCUT2D eigenvalue weighted by Crippen LogP contribution is -2.10. The SMILES string of the molecule is N#Cc1ccc2c(c1)c1c(n2Cc2cccc(F)n2)CCCC1. The number of rotatable bonds is 2. The Kier molecular flexibility index (Phi) is 3.34. The Hall–Kier alpha value is -2.67. The molecular formula is C19H16FN3. The van der Waals surface area contributed by atoms with Crippen LogP contribution in [-0.4, -0.2) is 9.55 Å². The molecule has 2 heterocycles. The summed E-state index contributed by atoms with van der Waals surface area (Å²) in [4.78, 5) is 4.00. The minimum Gasteiger partial charge on any atom is -0.338 e. The molecule has 0 unspecified atom stereocenters. The number of hydrogen-bond acceptors (Lipinski definition) is 2. The van der Waals surface area contributed by atoms with Gasteiger partial charge in [-0.25, -0.2) is 4.98 Å². The first-order valence-electron chi connectivity index (χ1n) is 7.92. The number of aromatic nitrogens is 2. The summed E-state index contributed by atoms with van der Waals surface area (Å²) in [6.45, 7) is 0.565. The van der Waals surface area contributed by atoms with Crippen molar-refractivity contribution in [3.63, 3.8) is 0 Å². The first kappa shape index (κ1) is 14.0. The third-order valence-electron chi connectivity index (χ3n) is 4.60. The average molecular weight is 305 g/mol. The Labute approximate surface area is 134 Å². The van der Waals surface area contributed by atoms with Crippen molar-refractivity contribution in [1.82, 2.24) is 9.55 Å². The summed E-state index contributed by atoms with van der Waals surface area (Å²) in [5.41, 5.74) is 5.18. The van der Waals surface area contributed by atoms with Gasteiger partial charge in [-0.3, -0.25) is 0 Å². The minimum absolute atomic E-state index is 0.445. The zero-order valence-corrected chi connectivity index (χ0v) is 12.7. The summed E-state index contributed by atoms with van der Waals surface area (Å²) in [7, 11) is 0. The quantitative estimate of drug-likeness (QED) is 0.672. The fraction of sp³-hybridized carbons (Fsp3) is 0.263. The van der Waals surface area contributed by atoms with E-state index < -0.39 is 5.95 Å². The maximum Gasteiger partial charge on any atom is 0.213 e. The highest BCUT2D eigenvalue weighted by atomic mass is 19.1. The highest BCUT2D eigenvalue weighted by Gasteiger charge is 2.20. The lowest BCUT2D eigenvalue weighted by Gasteiger charge is -2.15. The van der Waals surface area contributed by atoms with Crippen molar-refractivity contribution in [2.24, 2.45) is 0 Å². The minimum atomic E-state index is -0.445. The van der Waals surface area contributed by atoms with Crippen molar-refractivity contribution < 1.29 is 4.39 Å². The molecule has 3 nitrogen and oxygen atoms in total. The van der Waals surface area contributed by atoms with Gasteiger partial charge < -0.3 is 4.57 Å². The van der Waals surface area contributed by atoms with Crippen LogP contribution in [0.15, 0.2) is 36.4 Å². The Balaban J connectivity index is 1.90. The van der Waals surface area contributed by atoms with E-state index in [9.17, 15) is 4.39 Å². The molecule has 1 aliphatic rings. The fourth-order valence-electron chi connectivity index (χ4n) is 3.59. The highest BCUT2D eigenvalue weighted by Crippen LogP contribution is 2.33. The number of pyridine rings is 1. The van der Waals surface area contributed by atoms with E-state index in [4.69, 9.17) is 5.26 Å². The molecule has 0 amide bonds. The van der Waals surface area contributed by atoms with Gasteiger partial charge >= 0.3 is 0 Å². The van der Waals surface area contributed by atoms with Crippen molar-refractivity contribution in [3.8, 4) is 6.07 Å². The smallest absolute Gasteiger partial charge is 0.213 e. The second-order valence-corrected chi connectivity index (χ2v) is 6.01. The van der Waals surface area contributed by atoms with Gasteiger partial charge in [0.15, 0.2) is 0 Å². The maximum absolute atomic E-state index is 13.4. The van der Waals surface area contributed by atoms with Crippen LogP contribution < -0.4 is 0 Å². The van der Waals surface area contributed by atoms with E-state index in [2.05, 4.69) is 15.6 Å². The zero-order valence-electron chi connectivity index (χ0n) is 12.7. The Morgan fingerprint density at radius 3 is 2.87 bits per heavy atom. The van der Waals surface area contributed by atoms with E-state index in [1.54, 1.807) is 6.07 Å². The van der Waals surface area contributed by atoms with Gasteiger partial charge in [0, 0.05) is 16.6 Å². The van der Waals surface area contributed by atoms with Gasteiger partial charge in [0.2, 0.25) is 5.95 Å². The monoisotopic (exact) mass is 305 g/mol. The van der Waals surface area contributed by atoms with Crippen molar-refractivity contribution >= 4 is 10.9 Å². The largest absolute Gasteiger partial charge is 0.338 e. The molecular weight excluding hydrogens is 289 g/mol. The van der Waals surface area contributed by atoms with Crippen molar-refractivity contribution in [2.75, 3.05) is 0 Å². The van der Waals surface area contributed by atoms with Gasteiger partial charge in [-0.15, -0.1) is 0 Å². The molecule has 2 aromatic heterocycles. The molecule has 0 bridgehead atoms. The summed E-state index contributed by atoms with van der Waals surface area (Å²) < 4.78 is 15.6. The van der Waals surface area contributed by atoms with Gasteiger partial charge in [0.05, 0.1) is 23.9 Å². The van der Waals surface area contributed by atoms with Crippen LogP contribution >= 0.6 is 0 Å². The van der Waals surface area contributed by atoms with E-state index in [0.29, 0.717) is 12.1 Å². The molecule has 0 saturated carbocycles. The third kappa shape index (κ3) is 2.39. The van der Waals surface area contributed by atoms with Crippen LogP contribution in [-0.2, 0) is 19.4 Å². The Morgan fingerprint density at radius 1 is 1.17 bits per heavy atom. The molecule has 0 fully saturated rings. The van der Waals surface area contributed by atoms with E-state index >= 15 is 0 Å². The predicted molar refractivity (Wildman–Crippen MR) is 86.6 cm³/mol. The van der Waals surface area contributed by atoms with Crippen molar-refractivity contribution in [2.45, 2.75) is 32.2 Å². The molecule has 0 saturated heterocycles. The summed E-state index contributed by atoms with van der Waals surface area (Å²) in [5.74, 6) is -0.445. The van der Waals surface area contributed by atoms with Crippen LogP contribution in [0.3, 0.4) is 0 Å². The van der Waals surface area contributed by atoms with Crippen molar-refractivity contribution in [1.29, 1.82) is 5.26 Å². The second kappa shape index (κ2) is 5.51. The summed E-state index contributed by atoms with van der Waals surface area (Å²) in [5, 5.41) is 10.3. The lowest BCUT2D eigenvalue weighted by atomic mass is 9.95. The molecule has 4 rings (SSSR count). The normalized spacial score (nSPS) is 13.7. The van der Waals surface area contributed by atoms with Gasteiger partial charge in [-0.2, -0.15) is 9.65 Å². The predicted octanol–water partition coefficient (Wildman–Crippen LogP) is 3.97. The molecule has 1 aliphatic carbocycles. The molecule has 0 spiro atoms. The first-order chi connectivity index (χ1) is 11.3.